The Morgan fingerprint density at radius 1 is 1.03 bits per heavy atom. The molecular formula is C19H20ClN5O4. The van der Waals surface area contributed by atoms with Crippen molar-refractivity contribution in [2.75, 3.05) is 26.2 Å². The number of carbonyl (C=O) groups excluding carboxylic acids is 2. The van der Waals surface area contributed by atoms with Gasteiger partial charge in [-0.2, -0.15) is 5.10 Å². The van der Waals surface area contributed by atoms with Gasteiger partial charge in [0.2, 0.25) is 0 Å². The molecule has 0 aliphatic carbocycles. The Labute approximate surface area is 172 Å². The largest absolute Gasteiger partial charge is 0.335 e. The van der Waals surface area contributed by atoms with Crippen LogP contribution in [0.3, 0.4) is 0 Å². The van der Waals surface area contributed by atoms with E-state index in [0.717, 1.165) is 31.5 Å². The summed E-state index contributed by atoms with van der Waals surface area (Å²) in [6.45, 7) is 2.39. The number of hydrogen-bond acceptors (Lipinski definition) is 5. The molecule has 2 aromatic rings. The molecule has 2 aliphatic rings. The minimum atomic E-state index is -0.609. The van der Waals surface area contributed by atoms with E-state index < -0.39 is 4.92 Å². The van der Waals surface area contributed by atoms with Gasteiger partial charge >= 0.3 is 0 Å². The van der Waals surface area contributed by atoms with Crippen molar-refractivity contribution in [3.8, 4) is 0 Å². The number of rotatable bonds is 3. The third-order valence-electron chi connectivity index (χ3n) is 5.46. The lowest BCUT2D eigenvalue weighted by atomic mass is 10.1. The van der Waals surface area contributed by atoms with E-state index in [-0.39, 0.29) is 28.1 Å². The average molecular weight is 418 g/mol. The van der Waals surface area contributed by atoms with Crippen LogP contribution < -0.4 is 0 Å². The zero-order valence-electron chi connectivity index (χ0n) is 15.7. The molecule has 9 nitrogen and oxygen atoms in total. The van der Waals surface area contributed by atoms with Crippen LogP contribution in [0.4, 0.5) is 5.69 Å². The summed E-state index contributed by atoms with van der Waals surface area (Å²) in [5, 5.41) is 15.4. The zero-order chi connectivity index (χ0) is 20.5. The highest BCUT2D eigenvalue weighted by Crippen LogP contribution is 2.26. The van der Waals surface area contributed by atoms with Crippen molar-refractivity contribution in [1.82, 2.24) is 19.6 Å². The molecular weight excluding hydrogens is 398 g/mol. The van der Waals surface area contributed by atoms with Gasteiger partial charge in [0.05, 0.1) is 22.4 Å². The Morgan fingerprint density at radius 2 is 1.72 bits per heavy atom. The molecule has 0 bridgehead atoms. The van der Waals surface area contributed by atoms with E-state index >= 15 is 0 Å². The first-order valence-electron chi connectivity index (χ1n) is 9.53. The number of amides is 2. The molecule has 10 heteroatoms. The summed E-state index contributed by atoms with van der Waals surface area (Å²) in [4.78, 5) is 39.4. The van der Waals surface area contributed by atoms with Gasteiger partial charge in [-0.15, -0.1) is 0 Å². The van der Waals surface area contributed by atoms with Crippen LogP contribution >= 0.6 is 11.6 Å². The second-order valence-electron chi connectivity index (χ2n) is 7.19. The number of carbonyl (C=O) groups is 2. The average Bonchev–Trinajstić information content (AvgIpc) is 3.17. The lowest BCUT2D eigenvalue weighted by Crippen LogP contribution is -2.50. The standard InChI is InChI=1S/C19H20ClN5O4/c20-15-5-4-13(11-17(15)25(28)29)18(26)22-7-9-23(10-8-22)19(27)14-12-21-24-6-2-1-3-16(14)24/h4-5,11-12H,1-3,6-10H2. The van der Waals surface area contributed by atoms with Crippen molar-refractivity contribution >= 4 is 29.1 Å². The van der Waals surface area contributed by atoms with Gasteiger partial charge in [-0.05, 0) is 31.4 Å². The van der Waals surface area contributed by atoms with Crippen LogP contribution in [-0.4, -0.2) is 62.5 Å². The number of nitro groups is 1. The lowest BCUT2D eigenvalue weighted by Gasteiger charge is -2.35. The molecule has 29 heavy (non-hydrogen) atoms. The van der Waals surface area contributed by atoms with Crippen molar-refractivity contribution in [2.24, 2.45) is 0 Å². The summed E-state index contributed by atoms with van der Waals surface area (Å²) in [6.07, 6.45) is 4.63. The van der Waals surface area contributed by atoms with Gasteiger partial charge < -0.3 is 9.80 Å². The van der Waals surface area contributed by atoms with Gasteiger partial charge in [0.15, 0.2) is 0 Å². The first-order chi connectivity index (χ1) is 14.0. The third kappa shape index (κ3) is 3.69. The summed E-state index contributed by atoms with van der Waals surface area (Å²) < 4.78 is 1.91. The van der Waals surface area contributed by atoms with Gasteiger partial charge in [-0.3, -0.25) is 24.4 Å². The number of halogens is 1. The summed E-state index contributed by atoms with van der Waals surface area (Å²) in [7, 11) is 0. The molecule has 0 N–H and O–H groups in total. The predicted octanol–water partition coefficient (Wildman–Crippen LogP) is 2.38. The first-order valence-corrected chi connectivity index (χ1v) is 9.90. The lowest BCUT2D eigenvalue weighted by molar-refractivity contribution is -0.384. The maximum Gasteiger partial charge on any atom is 0.288 e. The Hall–Kier alpha value is -2.94. The number of nitrogens with zero attached hydrogens (tertiary/aromatic N) is 5. The Kier molecular flexibility index (Phi) is 5.23. The van der Waals surface area contributed by atoms with Gasteiger partial charge in [0, 0.05) is 44.4 Å². The van der Waals surface area contributed by atoms with Gasteiger partial charge in [0.1, 0.15) is 5.02 Å². The van der Waals surface area contributed by atoms with Crippen LogP contribution in [0.1, 0.15) is 39.3 Å². The molecule has 4 rings (SSSR count). The molecule has 152 valence electrons. The van der Waals surface area contributed by atoms with Crippen molar-refractivity contribution < 1.29 is 14.5 Å². The quantitative estimate of drug-likeness (QED) is 0.563. The normalized spacial score (nSPS) is 16.4. The summed E-state index contributed by atoms with van der Waals surface area (Å²) in [5.41, 5.74) is 1.56. The molecule has 0 radical (unpaired) electrons. The minimum absolute atomic E-state index is 0.00789. The first kappa shape index (κ1) is 19.4. The van der Waals surface area contributed by atoms with E-state index in [9.17, 15) is 19.7 Å². The van der Waals surface area contributed by atoms with E-state index in [0.29, 0.717) is 31.7 Å². The Balaban J connectivity index is 1.42. The van der Waals surface area contributed by atoms with E-state index in [4.69, 9.17) is 11.6 Å². The molecule has 0 saturated carbocycles. The van der Waals surface area contributed by atoms with Gasteiger partial charge in [-0.1, -0.05) is 11.6 Å². The van der Waals surface area contributed by atoms with E-state index in [1.165, 1.54) is 18.2 Å². The second kappa shape index (κ2) is 7.82. The van der Waals surface area contributed by atoms with Crippen molar-refractivity contribution in [1.29, 1.82) is 0 Å². The highest BCUT2D eigenvalue weighted by molar-refractivity contribution is 6.32. The molecule has 0 unspecified atom stereocenters. The number of fused-ring (bicyclic) bond motifs is 1. The number of aromatic nitrogens is 2. The number of piperazine rings is 1. The molecule has 1 aromatic carbocycles. The van der Waals surface area contributed by atoms with Gasteiger partial charge in [-0.25, -0.2) is 0 Å². The third-order valence-corrected chi connectivity index (χ3v) is 5.78. The number of aryl methyl sites for hydroxylation is 1. The summed E-state index contributed by atoms with van der Waals surface area (Å²) in [6, 6.07) is 4.03. The summed E-state index contributed by atoms with van der Waals surface area (Å²) in [5.74, 6) is -0.359. The van der Waals surface area contributed by atoms with Crippen LogP contribution in [0.5, 0.6) is 0 Å². The fourth-order valence-electron chi connectivity index (χ4n) is 3.85. The maximum absolute atomic E-state index is 12.9. The highest BCUT2D eigenvalue weighted by Gasteiger charge is 2.29. The molecule has 2 amide bonds. The Morgan fingerprint density at radius 3 is 2.41 bits per heavy atom. The molecule has 0 atom stereocenters. The smallest absolute Gasteiger partial charge is 0.288 e. The van der Waals surface area contributed by atoms with Crippen LogP contribution in [0, 0.1) is 10.1 Å². The van der Waals surface area contributed by atoms with Crippen LogP contribution in [0.2, 0.25) is 5.02 Å². The van der Waals surface area contributed by atoms with Crippen LogP contribution in [0.15, 0.2) is 24.4 Å². The fourth-order valence-corrected chi connectivity index (χ4v) is 4.04. The fraction of sp³-hybridized carbons (Fsp3) is 0.421. The molecule has 3 heterocycles. The van der Waals surface area contributed by atoms with Gasteiger partial charge in [0.25, 0.3) is 17.5 Å². The molecule has 1 aromatic heterocycles. The molecule has 1 saturated heterocycles. The van der Waals surface area contributed by atoms with E-state index in [1.807, 2.05) is 4.68 Å². The van der Waals surface area contributed by atoms with Crippen LogP contribution in [-0.2, 0) is 13.0 Å². The number of nitro benzene ring substituents is 1. The highest BCUT2D eigenvalue weighted by atomic mass is 35.5. The number of benzene rings is 1. The monoisotopic (exact) mass is 417 g/mol. The van der Waals surface area contributed by atoms with Crippen LogP contribution in [0.25, 0.3) is 0 Å². The predicted molar refractivity (Wildman–Crippen MR) is 105 cm³/mol. The van der Waals surface area contributed by atoms with Crippen molar-refractivity contribution in [3.63, 3.8) is 0 Å². The minimum Gasteiger partial charge on any atom is -0.335 e. The second-order valence-corrected chi connectivity index (χ2v) is 7.60. The Bertz CT molecular complexity index is 981. The molecule has 2 aliphatic heterocycles. The zero-order valence-corrected chi connectivity index (χ0v) is 16.5. The van der Waals surface area contributed by atoms with Crippen molar-refractivity contribution in [3.05, 3.63) is 56.4 Å². The SMILES string of the molecule is O=C(c1ccc(Cl)c([N+](=O)[O-])c1)N1CCN(C(=O)c2cnn3c2CCCC3)CC1. The maximum atomic E-state index is 12.9. The molecule has 0 spiro atoms. The van der Waals surface area contributed by atoms with Crippen molar-refractivity contribution in [2.45, 2.75) is 25.8 Å². The number of hydrogen-bond donors (Lipinski definition) is 0. The topological polar surface area (TPSA) is 102 Å². The summed E-state index contributed by atoms with van der Waals surface area (Å²) >= 11 is 5.82. The van der Waals surface area contributed by atoms with E-state index in [1.54, 1.807) is 16.0 Å². The van der Waals surface area contributed by atoms with E-state index in [2.05, 4.69) is 5.10 Å². The molecule has 1 fully saturated rings.